The summed E-state index contributed by atoms with van der Waals surface area (Å²) >= 11 is 0. The van der Waals surface area contributed by atoms with Gasteiger partial charge in [-0.05, 0) is 25.5 Å². The molecule has 0 radical (unpaired) electrons. The van der Waals surface area contributed by atoms with Crippen LogP contribution < -0.4 is 0 Å². The van der Waals surface area contributed by atoms with Gasteiger partial charge in [-0.2, -0.15) is 0 Å². The summed E-state index contributed by atoms with van der Waals surface area (Å²) in [7, 11) is 0. The molecule has 7 heteroatoms. The van der Waals surface area contributed by atoms with Crippen LogP contribution in [0.25, 0.3) is 0 Å². The Labute approximate surface area is 141 Å². The Kier molecular flexibility index (Phi) is 3.68. The maximum atomic E-state index is 12.5. The quantitative estimate of drug-likeness (QED) is 0.851. The van der Waals surface area contributed by atoms with E-state index in [0.29, 0.717) is 11.8 Å². The Morgan fingerprint density at radius 3 is 2.79 bits per heavy atom. The zero-order valence-electron chi connectivity index (χ0n) is 14.4. The SMILES string of the molecule is CCc1oc(C(=O)N2CC(N3CCn4c(C)nnc4C3)C2)cc1C. The predicted molar refractivity (Wildman–Crippen MR) is 87.7 cm³/mol. The number of likely N-dealkylation sites (tertiary alicyclic amines) is 1. The van der Waals surface area contributed by atoms with Crippen LogP contribution in [-0.2, 0) is 19.5 Å². The van der Waals surface area contributed by atoms with Crippen molar-refractivity contribution < 1.29 is 9.21 Å². The van der Waals surface area contributed by atoms with Gasteiger partial charge < -0.3 is 13.9 Å². The lowest BCUT2D eigenvalue weighted by molar-refractivity contribution is 0.0145. The largest absolute Gasteiger partial charge is 0.456 e. The molecule has 1 amide bonds. The van der Waals surface area contributed by atoms with Crippen LogP contribution in [0.15, 0.2) is 10.5 Å². The molecule has 4 rings (SSSR count). The molecule has 2 aromatic heterocycles. The van der Waals surface area contributed by atoms with Crippen molar-refractivity contribution >= 4 is 5.91 Å². The highest BCUT2D eigenvalue weighted by Gasteiger charge is 2.38. The molecule has 7 nitrogen and oxygen atoms in total. The summed E-state index contributed by atoms with van der Waals surface area (Å²) in [6.07, 6.45) is 0.815. The fraction of sp³-hybridized carbons (Fsp3) is 0.588. The average Bonchev–Trinajstić information content (AvgIpc) is 3.09. The van der Waals surface area contributed by atoms with Crippen LogP contribution in [0.5, 0.6) is 0 Å². The van der Waals surface area contributed by atoms with Gasteiger partial charge in [-0.25, -0.2) is 0 Å². The number of aryl methyl sites for hydroxylation is 3. The summed E-state index contributed by atoms with van der Waals surface area (Å²) in [6.45, 7) is 10.3. The topological polar surface area (TPSA) is 67.4 Å². The van der Waals surface area contributed by atoms with E-state index in [1.54, 1.807) is 0 Å². The number of carbonyl (C=O) groups excluding carboxylic acids is 1. The maximum absolute atomic E-state index is 12.5. The van der Waals surface area contributed by atoms with E-state index < -0.39 is 0 Å². The fourth-order valence-electron chi connectivity index (χ4n) is 3.62. The molecule has 0 aliphatic carbocycles. The molecule has 0 saturated carbocycles. The van der Waals surface area contributed by atoms with E-state index in [1.807, 2.05) is 31.7 Å². The highest BCUT2D eigenvalue weighted by molar-refractivity contribution is 5.92. The molecule has 0 N–H and O–H groups in total. The molecular weight excluding hydrogens is 306 g/mol. The molecule has 2 aliphatic rings. The first-order valence-electron chi connectivity index (χ1n) is 8.58. The summed E-state index contributed by atoms with van der Waals surface area (Å²) in [4.78, 5) is 16.8. The first-order chi connectivity index (χ1) is 11.6. The highest BCUT2D eigenvalue weighted by atomic mass is 16.4. The number of amides is 1. The molecule has 4 heterocycles. The maximum Gasteiger partial charge on any atom is 0.289 e. The Bertz CT molecular complexity index is 772. The van der Waals surface area contributed by atoms with E-state index >= 15 is 0 Å². The van der Waals surface area contributed by atoms with E-state index in [-0.39, 0.29) is 5.91 Å². The van der Waals surface area contributed by atoms with Gasteiger partial charge in [-0.1, -0.05) is 6.92 Å². The zero-order valence-corrected chi connectivity index (χ0v) is 14.4. The Morgan fingerprint density at radius 1 is 1.29 bits per heavy atom. The second-order valence-corrected chi connectivity index (χ2v) is 6.72. The number of rotatable bonds is 3. The third-order valence-corrected chi connectivity index (χ3v) is 5.19. The summed E-state index contributed by atoms with van der Waals surface area (Å²) in [5.41, 5.74) is 1.06. The number of hydrogen-bond acceptors (Lipinski definition) is 5. The van der Waals surface area contributed by atoms with Gasteiger partial charge in [0.15, 0.2) is 5.76 Å². The Hall–Kier alpha value is -2.15. The van der Waals surface area contributed by atoms with Crippen LogP contribution in [0.3, 0.4) is 0 Å². The minimum absolute atomic E-state index is 0.00470. The fourth-order valence-corrected chi connectivity index (χ4v) is 3.62. The van der Waals surface area contributed by atoms with Gasteiger partial charge in [0, 0.05) is 38.6 Å². The molecule has 24 heavy (non-hydrogen) atoms. The van der Waals surface area contributed by atoms with Gasteiger partial charge in [-0.3, -0.25) is 9.69 Å². The molecule has 1 fully saturated rings. The molecule has 128 valence electrons. The molecule has 0 bridgehead atoms. The number of carbonyl (C=O) groups is 1. The third-order valence-electron chi connectivity index (χ3n) is 5.19. The normalized spacial score (nSPS) is 18.5. The lowest BCUT2D eigenvalue weighted by atomic mass is 10.1. The highest BCUT2D eigenvalue weighted by Crippen LogP contribution is 2.24. The van der Waals surface area contributed by atoms with E-state index in [0.717, 1.165) is 62.1 Å². The second kappa shape index (κ2) is 5.73. The Balaban J connectivity index is 1.37. The molecule has 0 unspecified atom stereocenters. The number of fused-ring (bicyclic) bond motifs is 1. The van der Waals surface area contributed by atoms with Gasteiger partial charge in [0.25, 0.3) is 5.91 Å². The lowest BCUT2D eigenvalue weighted by Gasteiger charge is -2.46. The molecule has 1 saturated heterocycles. The monoisotopic (exact) mass is 329 g/mol. The van der Waals surface area contributed by atoms with Crippen LogP contribution in [0.1, 0.15) is 40.5 Å². The van der Waals surface area contributed by atoms with Gasteiger partial charge in [0.05, 0.1) is 6.54 Å². The van der Waals surface area contributed by atoms with E-state index in [4.69, 9.17) is 4.42 Å². The van der Waals surface area contributed by atoms with E-state index in [2.05, 4.69) is 19.7 Å². The third kappa shape index (κ3) is 2.43. The summed E-state index contributed by atoms with van der Waals surface area (Å²) in [5, 5.41) is 8.39. The summed E-state index contributed by atoms with van der Waals surface area (Å²) in [5.74, 6) is 3.38. The molecule has 0 atom stereocenters. The van der Waals surface area contributed by atoms with Crippen LogP contribution in [0.2, 0.25) is 0 Å². The van der Waals surface area contributed by atoms with Crippen molar-refractivity contribution in [1.29, 1.82) is 0 Å². The lowest BCUT2D eigenvalue weighted by Crippen LogP contribution is -2.62. The van der Waals surface area contributed by atoms with Crippen molar-refractivity contribution in [2.45, 2.75) is 46.3 Å². The van der Waals surface area contributed by atoms with Gasteiger partial charge in [0.1, 0.15) is 17.4 Å². The van der Waals surface area contributed by atoms with Crippen LogP contribution in [0, 0.1) is 13.8 Å². The summed E-state index contributed by atoms with van der Waals surface area (Å²) < 4.78 is 7.86. The standard InChI is InChI=1S/C17H23N5O2/c1-4-14-11(2)7-15(24-14)17(23)21-8-13(9-21)20-5-6-22-12(3)18-19-16(22)10-20/h7,13H,4-6,8-10H2,1-3H3. The van der Waals surface area contributed by atoms with Crippen LogP contribution in [-0.4, -0.2) is 56.1 Å². The van der Waals surface area contributed by atoms with Crippen molar-refractivity contribution in [2.24, 2.45) is 0 Å². The van der Waals surface area contributed by atoms with Crippen LogP contribution >= 0.6 is 0 Å². The number of hydrogen-bond donors (Lipinski definition) is 0. The molecule has 2 aromatic rings. The minimum atomic E-state index is 0.00470. The van der Waals surface area contributed by atoms with Crippen molar-refractivity contribution in [3.05, 3.63) is 34.8 Å². The first-order valence-corrected chi connectivity index (χ1v) is 8.58. The molecule has 2 aliphatic heterocycles. The van der Waals surface area contributed by atoms with Crippen molar-refractivity contribution in [3.63, 3.8) is 0 Å². The second-order valence-electron chi connectivity index (χ2n) is 6.72. The molecule has 0 aromatic carbocycles. The smallest absolute Gasteiger partial charge is 0.289 e. The van der Waals surface area contributed by atoms with E-state index in [1.165, 1.54) is 0 Å². The number of aromatic nitrogens is 3. The minimum Gasteiger partial charge on any atom is -0.456 e. The van der Waals surface area contributed by atoms with Gasteiger partial charge >= 0.3 is 0 Å². The van der Waals surface area contributed by atoms with Crippen molar-refractivity contribution in [2.75, 3.05) is 19.6 Å². The van der Waals surface area contributed by atoms with Gasteiger partial charge in [0.2, 0.25) is 0 Å². The molecule has 0 spiro atoms. The average molecular weight is 329 g/mol. The van der Waals surface area contributed by atoms with Crippen LogP contribution in [0.4, 0.5) is 0 Å². The van der Waals surface area contributed by atoms with Gasteiger partial charge in [-0.15, -0.1) is 10.2 Å². The first kappa shape index (κ1) is 15.4. The summed E-state index contributed by atoms with van der Waals surface area (Å²) in [6, 6.07) is 2.27. The van der Waals surface area contributed by atoms with E-state index in [9.17, 15) is 4.79 Å². The molecular formula is C17H23N5O2. The number of nitrogens with zero attached hydrogens (tertiary/aromatic N) is 5. The predicted octanol–water partition coefficient (Wildman–Crippen LogP) is 1.39. The Morgan fingerprint density at radius 2 is 2.08 bits per heavy atom. The number of furan rings is 1. The van der Waals surface area contributed by atoms with Crippen molar-refractivity contribution in [1.82, 2.24) is 24.6 Å². The zero-order chi connectivity index (χ0) is 16.8. The van der Waals surface area contributed by atoms with Crippen molar-refractivity contribution in [3.8, 4) is 0 Å².